The Kier molecular flexibility index (Phi) is 7.13. The molecule has 0 spiro atoms. The number of aromatic hydroxyl groups is 2. The summed E-state index contributed by atoms with van der Waals surface area (Å²) in [6.07, 6.45) is 0.742. The molecule has 0 bridgehead atoms. The van der Waals surface area contributed by atoms with Crippen LogP contribution < -0.4 is 0 Å². The van der Waals surface area contributed by atoms with Gasteiger partial charge in [-0.25, -0.2) is 0 Å². The van der Waals surface area contributed by atoms with Crippen molar-refractivity contribution in [3.05, 3.63) is 53.1 Å². The van der Waals surface area contributed by atoms with Gasteiger partial charge in [0.05, 0.1) is 16.3 Å². The van der Waals surface area contributed by atoms with Gasteiger partial charge in [0.1, 0.15) is 11.5 Å². The lowest BCUT2D eigenvalue weighted by Crippen LogP contribution is -2.08. The number of rotatable bonds is 9. The molecule has 0 saturated carbocycles. The second kappa shape index (κ2) is 9.78. The van der Waals surface area contributed by atoms with Crippen LogP contribution in [0.15, 0.2) is 47.6 Å². The second-order valence-corrected chi connectivity index (χ2v) is 7.55. The highest BCUT2D eigenvalue weighted by atomic mass is 35.5. The zero-order chi connectivity index (χ0) is 20.8. The monoisotopic (exact) mass is 433 g/mol. The first-order chi connectivity index (χ1) is 14.0. The summed E-state index contributed by atoms with van der Waals surface area (Å²) < 4.78 is 7.05. The number of methoxy groups -OCH3 is 1. The number of thioether (sulfide) groups is 1. The van der Waals surface area contributed by atoms with E-state index in [4.69, 9.17) is 16.3 Å². The standard InChI is InChI=1S/C20H20ClN3O4S/c1-28-10-4-9-24-19(14-5-2-3-6-16(14)21)22-23-20(24)29-12-18(27)15-8-7-13(25)11-17(15)26/h2-3,5-8,11,25-26H,4,9-10,12H2,1H3. The summed E-state index contributed by atoms with van der Waals surface area (Å²) in [5.41, 5.74) is 0.903. The van der Waals surface area contributed by atoms with Crippen molar-refractivity contribution in [2.45, 2.75) is 18.1 Å². The molecule has 0 radical (unpaired) electrons. The van der Waals surface area contributed by atoms with Crippen molar-refractivity contribution < 1.29 is 19.7 Å². The van der Waals surface area contributed by atoms with Gasteiger partial charge in [-0.2, -0.15) is 0 Å². The molecule has 3 rings (SSSR count). The highest BCUT2D eigenvalue weighted by Gasteiger charge is 2.19. The topological polar surface area (TPSA) is 97.5 Å². The number of halogens is 1. The molecule has 7 nitrogen and oxygen atoms in total. The molecular formula is C20H20ClN3O4S. The van der Waals surface area contributed by atoms with Gasteiger partial charge in [-0.3, -0.25) is 4.79 Å². The number of carbonyl (C=O) groups excluding carboxylic acids is 1. The summed E-state index contributed by atoms with van der Waals surface area (Å²) in [7, 11) is 1.64. The molecule has 2 aromatic carbocycles. The van der Waals surface area contributed by atoms with Crippen LogP contribution in [0.5, 0.6) is 11.5 Å². The van der Waals surface area contributed by atoms with Crippen LogP contribution in [0.2, 0.25) is 5.02 Å². The Bertz CT molecular complexity index is 1010. The molecule has 9 heteroatoms. The van der Waals surface area contributed by atoms with Crippen LogP contribution in [0.4, 0.5) is 0 Å². The van der Waals surface area contributed by atoms with Crippen molar-refractivity contribution in [2.75, 3.05) is 19.5 Å². The molecule has 0 amide bonds. The summed E-state index contributed by atoms with van der Waals surface area (Å²) in [5, 5.41) is 28.9. The third kappa shape index (κ3) is 5.09. The van der Waals surface area contributed by atoms with Crippen molar-refractivity contribution in [3.8, 4) is 22.9 Å². The van der Waals surface area contributed by atoms with E-state index in [0.717, 1.165) is 18.1 Å². The number of aromatic nitrogens is 3. The average molecular weight is 434 g/mol. The Morgan fingerprint density at radius 2 is 2.00 bits per heavy atom. The molecule has 0 aliphatic rings. The normalized spacial score (nSPS) is 11.0. The van der Waals surface area contributed by atoms with Crippen molar-refractivity contribution >= 4 is 29.1 Å². The van der Waals surface area contributed by atoms with E-state index in [-0.39, 0.29) is 28.6 Å². The van der Waals surface area contributed by atoms with Crippen LogP contribution in [-0.2, 0) is 11.3 Å². The minimum atomic E-state index is -0.279. The number of carbonyl (C=O) groups is 1. The molecule has 0 unspecified atom stereocenters. The van der Waals surface area contributed by atoms with E-state index >= 15 is 0 Å². The van der Waals surface area contributed by atoms with Crippen LogP contribution in [-0.4, -0.2) is 50.2 Å². The molecule has 3 aromatic rings. The predicted octanol–water partition coefficient (Wildman–Crippen LogP) is 4.02. The minimum absolute atomic E-state index is 0.0588. The Hall–Kier alpha value is -2.55. The zero-order valence-corrected chi connectivity index (χ0v) is 17.3. The number of phenols is 2. The Balaban J connectivity index is 1.83. The smallest absolute Gasteiger partial charge is 0.191 e. The molecule has 0 fully saturated rings. The summed E-state index contributed by atoms with van der Waals surface area (Å²) in [6.45, 7) is 1.17. The van der Waals surface area contributed by atoms with Gasteiger partial charge in [0.25, 0.3) is 0 Å². The van der Waals surface area contributed by atoms with Crippen molar-refractivity contribution in [1.29, 1.82) is 0 Å². The van der Waals surface area contributed by atoms with E-state index in [1.54, 1.807) is 13.2 Å². The molecule has 29 heavy (non-hydrogen) atoms. The van der Waals surface area contributed by atoms with E-state index in [2.05, 4.69) is 10.2 Å². The van der Waals surface area contributed by atoms with Crippen molar-refractivity contribution in [2.24, 2.45) is 0 Å². The lowest BCUT2D eigenvalue weighted by Gasteiger charge is -2.11. The Morgan fingerprint density at radius 3 is 2.72 bits per heavy atom. The minimum Gasteiger partial charge on any atom is -0.508 e. The van der Waals surface area contributed by atoms with Crippen LogP contribution in [0, 0.1) is 0 Å². The fourth-order valence-corrected chi connectivity index (χ4v) is 3.84. The predicted molar refractivity (Wildman–Crippen MR) is 112 cm³/mol. The SMILES string of the molecule is COCCCn1c(SCC(=O)c2ccc(O)cc2O)nnc1-c1ccccc1Cl. The molecule has 0 aliphatic heterocycles. The number of hydrogen-bond acceptors (Lipinski definition) is 7. The fraction of sp³-hybridized carbons (Fsp3) is 0.250. The van der Waals surface area contributed by atoms with Crippen LogP contribution >= 0.6 is 23.4 Å². The summed E-state index contributed by atoms with van der Waals surface area (Å²) >= 11 is 7.55. The fourth-order valence-electron chi connectivity index (χ4n) is 2.77. The second-order valence-electron chi connectivity index (χ2n) is 6.20. The average Bonchev–Trinajstić information content (AvgIpc) is 3.09. The van der Waals surface area contributed by atoms with Gasteiger partial charge >= 0.3 is 0 Å². The Morgan fingerprint density at radius 1 is 1.21 bits per heavy atom. The van der Waals surface area contributed by atoms with Gasteiger partial charge in [-0.15, -0.1) is 10.2 Å². The van der Waals surface area contributed by atoms with E-state index in [0.29, 0.717) is 29.2 Å². The van der Waals surface area contributed by atoms with Crippen LogP contribution in [0.25, 0.3) is 11.4 Å². The first-order valence-corrected chi connectivity index (χ1v) is 10.2. The number of ether oxygens (including phenoxy) is 1. The summed E-state index contributed by atoms with van der Waals surface area (Å²) in [6, 6.07) is 11.3. The quantitative estimate of drug-likeness (QED) is 0.299. The summed E-state index contributed by atoms with van der Waals surface area (Å²) in [5.74, 6) is 0.0405. The van der Waals surface area contributed by atoms with Crippen LogP contribution in [0.3, 0.4) is 0 Å². The molecule has 0 atom stereocenters. The van der Waals surface area contributed by atoms with Gasteiger partial charge < -0.3 is 19.5 Å². The lowest BCUT2D eigenvalue weighted by molar-refractivity contribution is 0.102. The summed E-state index contributed by atoms with van der Waals surface area (Å²) in [4.78, 5) is 12.5. The molecule has 1 aromatic heterocycles. The molecule has 152 valence electrons. The van der Waals surface area contributed by atoms with Gasteiger partial charge in [-0.05, 0) is 30.7 Å². The maximum absolute atomic E-state index is 12.5. The van der Waals surface area contributed by atoms with Crippen molar-refractivity contribution in [3.63, 3.8) is 0 Å². The van der Waals surface area contributed by atoms with Gasteiger partial charge in [0.2, 0.25) is 0 Å². The third-order valence-corrected chi connectivity index (χ3v) is 5.47. The molecule has 0 aliphatic carbocycles. The first kappa shape index (κ1) is 21.2. The molecule has 2 N–H and O–H groups in total. The number of Topliss-reactive ketones (excluding diaryl/α,β-unsaturated/α-hetero) is 1. The first-order valence-electron chi connectivity index (χ1n) is 8.86. The zero-order valence-electron chi connectivity index (χ0n) is 15.7. The Labute approximate surface area is 177 Å². The van der Waals surface area contributed by atoms with E-state index in [9.17, 15) is 15.0 Å². The maximum Gasteiger partial charge on any atom is 0.191 e. The van der Waals surface area contributed by atoms with Gasteiger partial charge in [-0.1, -0.05) is 35.5 Å². The van der Waals surface area contributed by atoms with Gasteiger partial charge in [0.15, 0.2) is 16.8 Å². The number of hydrogen-bond donors (Lipinski definition) is 2. The van der Waals surface area contributed by atoms with Crippen molar-refractivity contribution in [1.82, 2.24) is 14.8 Å². The molecule has 0 saturated heterocycles. The van der Waals surface area contributed by atoms with E-state index in [1.807, 2.05) is 22.8 Å². The molecule has 1 heterocycles. The highest BCUT2D eigenvalue weighted by molar-refractivity contribution is 7.99. The lowest BCUT2D eigenvalue weighted by atomic mass is 10.1. The highest BCUT2D eigenvalue weighted by Crippen LogP contribution is 2.30. The molecular weight excluding hydrogens is 414 g/mol. The number of ketones is 1. The number of nitrogens with zero attached hydrogens (tertiary/aromatic N) is 3. The number of phenolic OH excluding ortho intramolecular Hbond substituents is 2. The third-order valence-electron chi connectivity index (χ3n) is 4.18. The number of benzene rings is 2. The van der Waals surface area contributed by atoms with Crippen LogP contribution in [0.1, 0.15) is 16.8 Å². The maximum atomic E-state index is 12.5. The van der Waals surface area contributed by atoms with E-state index in [1.165, 1.54) is 23.9 Å². The largest absolute Gasteiger partial charge is 0.508 e. The van der Waals surface area contributed by atoms with Gasteiger partial charge in [0, 0.05) is 31.9 Å². The van der Waals surface area contributed by atoms with E-state index < -0.39 is 0 Å².